The van der Waals surface area contributed by atoms with Gasteiger partial charge in [-0.05, 0) is 12.8 Å². The van der Waals surface area contributed by atoms with Crippen LogP contribution >= 0.6 is 22.7 Å². The monoisotopic (exact) mass is 708 g/mol. The zero-order valence-corrected chi connectivity index (χ0v) is 25.8. The number of halogens is 2. The molecule has 8 heteroatoms. The average Bonchev–Trinajstić information content (AvgIpc) is 3.26. The van der Waals surface area contributed by atoms with Crippen molar-refractivity contribution in [3.63, 3.8) is 0 Å². The smallest absolute Gasteiger partial charge is 0.225 e. The summed E-state index contributed by atoms with van der Waals surface area (Å²) in [5, 5.41) is 18.2. The number of aromatic nitrogens is 2. The van der Waals surface area contributed by atoms with Gasteiger partial charge in [0.25, 0.3) is 0 Å². The van der Waals surface area contributed by atoms with E-state index >= 15 is 0 Å². The molecule has 2 heterocycles. The summed E-state index contributed by atoms with van der Waals surface area (Å²) < 4.78 is 4.72. The van der Waals surface area contributed by atoms with Crippen molar-refractivity contribution < 1.29 is 67.3 Å². The largest absolute Gasteiger partial charge is 1.00 e. The van der Waals surface area contributed by atoms with E-state index in [1.807, 2.05) is 0 Å². The van der Waals surface area contributed by atoms with Gasteiger partial charge in [-0.15, -0.1) is 0 Å². The molecular weight excluding hydrogens is 666 g/mol. The van der Waals surface area contributed by atoms with Crippen molar-refractivity contribution in [3.8, 4) is 0 Å². The maximum atomic E-state index is 9.09. The van der Waals surface area contributed by atoms with Crippen LogP contribution < -0.4 is 57.1 Å². The second-order valence-corrected chi connectivity index (χ2v) is 10.2. The Morgan fingerprint density at radius 1 is 0.594 bits per heavy atom. The van der Waals surface area contributed by atoms with Crippen molar-refractivity contribution in [2.24, 2.45) is 0 Å². The number of hydrogen-bond acceptors (Lipinski definition) is 4. The number of hydrogen-bond donors (Lipinski definition) is 2. The highest BCUT2D eigenvalue weighted by Gasteiger charge is 2.14. The number of rotatable bonds is 17. The first-order chi connectivity index (χ1) is 14.7. The minimum absolute atomic E-state index is 0. The van der Waals surface area contributed by atoms with Gasteiger partial charge in [0.05, 0.1) is 9.75 Å². The van der Waals surface area contributed by atoms with E-state index in [2.05, 4.69) is 34.0 Å². The topological polar surface area (TPSA) is 48.2 Å². The Morgan fingerprint density at radius 2 is 0.906 bits per heavy atom. The summed E-state index contributed by atoms with van der Waals surface area (Å²) in [4.78, 5) is 2.65. The summed E-state index contributed by atoms with van der Waals surface area (Å²) in [6.45, 7) is 7.10. The van der Waals surface area contributed by atoms with Crippen molar-refractivity contribution in [1.82, 2.24) is 0 Å². The predicted octanol–water partition coefficient (Wildman–Crippen LogP) is -1.32. The molecule has 0 aliphatic carbocycles. The predicted molar refractivity (Wildman–Crippen MR) is 126 cm³/mol. The van der Waals surface area contributed by atoms with E-state index in [0.717, 1.165) is 25.9 Å². The van der Waals surface area contributed by atoms with Crippen LogP contribution in [0.3, 0.4) is 0 Å². The fourth-order valence-electron chi connectivity index (χ4n) is 4.01. The maximum Gasteiger partial charge on any atom is 0.225 e. The third-order valence-electron chi connectivity index (χ3n) is 6.04. The van der Waals surface area contributed by atoms with E-state index in [-0.39, 0.29) is 61.2 Å². The highest BCUT2D eigenvalue weighted by Crippen LogP contribution is 2.14. The van der Waals surface area contributed by atoms with Crippen molar-refractivity contribution in [3.05, 3.63) is 32.2 Å². The molecule has 2 rings (SSSR count). The lowest BCUT2D eigenvalue weighted by Gasteiger charge is -2.02. The normalized spacial score (nSPS) is 10.8. The van der Waals surface area contributed by atoms with Gasteiger partial charge in [-0.1, -0.05) is 61.2 Å². The molecule has 0 fully saturated rings. The van der Waals surface area contributed by atoms with Crippen LogP contribution in [0.2, 0.25) is 0 Å². The fraction of sp³-hybridized carbons (Fsp3) is 0.750. The third kappa shape index (κ3) is 11.9. The van der Waals surface area contributed by atoms with Gasteiger partial charge in [0.15, 0.2) is 11.4 Å². The SMILES string of the molecule is Cc1c(CCO)sc[n+]1CCCCCCCCCCCC[n+]1csc(CCO)c1C.[I-].[I-]. The summed E-state index contributed by atoms with van der Waals surface area (Å²) >= 11 is 3.56. The molecule has 2 aromatic heterocycles. The summed E-state index contributed by atoms with van der Waals surface area (Å²) in [5.41, 5.74) is 7.11. The first-order valence-corrected chi connectivity index (χ1v) is 13.6. The molecule has 0 saturated carbocycles. The molecule has 0 unspecified atom stereocenters. The molecule has 2 N–H and O–H groups in total. The standard InChI is InChI=1S/C24H42N2O2S2.2HI/c1-21-23(13-17-27)29-19-25(21)15-11-9-7-5-3-4-6-8-10-12-16-26-20-30-24(14-18-28)22(26)2;;/h19-20,27-28H,3-18H2,1-2H3;2*1H/q+2;;/p-2. The fourth-order valence-corrected chi connectivity index (χ4v) is 6.04. The van der Waals surface area contributed by atoms with Crippen LogP contribution in [0.5, 0.6) is 0 Å². The maximum absolute atomic E-state index is 9.09. The lowest BCUT2D eigenvalue weighted by molar-refractivity contribution is -0.698. The Balaban J connectivity index is 0.00000480. The number of unbranched alkanes of at least 4 members (excludes halogenated alkanes) is 9. The summed E-state index contributed by atoms with van der Waals surface area (Å²) in [6.07, 6.45) is 15.0. The highest BCUT2D eigenvalue weighted by atomic mass is 127. The van der Waals surface area contributed by atoms with Crippen LogP contribution in [0.4, 0.5) is 0 Å². The number of aryl methyl sites for hydroxylation is 2. The average molecular weight is 709 g/mol. The molecule has 186 valence electrons. The summed E-state index contributed by atoms with van der Waals surface area (Å²) in [6, 6.07) is 0. The highest BCUT2D eigenvalue weighted by molar-refractivity contribution is 7.09. The van der Waals surface area contributed by atoms with Gasteiger partial charge < -0.3 is 58.2 Å². The second kappa shape index (κ2) is 19.9. The minimum atomic E-state index is 0. The summed E-state index contributed by atoms with van der Waals surface area (Å²) in [5.74, 6) is 0. The first kappa shape index (κ1) is 32.6. The van der Waals surface area contributed by atoms with Gasteiger partial charge in [0.1, 0.15) is 13.1 Å². The molecule has 0 aliphatic rings. The number of thiazole rings is 2. The zero-order valence-electron chi connectivity index (χ0n) is 19.8. The Kier molecular flexibility index (Phi) is 20.3. The van der Waals surface area contributed by atoms with Crippen molar-refractivity contribution in [1.29, 1.82) is 0 Å². The van der Waals surface area contributed by atoms with Crippen LogP contribution in [0, 0.1) is 13.8 Å². The second-order valence-electron chi connectivity index (χ2n) is 8.33. The van der Waals surface area contributed by atoms with Gasteiger partial charge in [0.2, 0.25) is 11.0 Å². The van der Waals surface area contributed by atoms with E-state index < -0.39 is 0 Å². The van der Waals surface area contributed by atoms with E-state index in [0.29, 0.717) is 0 Å². The van der Waals surface area contributed by atoms with Crippen LogP contribution in [0.15, 0.2) is 11.0 Å². The molecule has 0 saturated heterocycles. The van der Waals surface area contributed by atoms with Crippen LogP contribution in [0.25, 0.3) is 0 Å². The molecule has 0 radical (unpaired) electrons. The van der Waals surface area contributed by atoms with Gasteiger partial charge in [-0.2, -0.15) is 9.13 Å². The van der Waals surface area contributed by atoms with E-state index in [1.54, 1.807) is 22.7 Å². The third-order valence-corrected chi connectivity index (χ3v) is 8.33. The van der Waals surface area contributed by atoms with Crippen molar-refractivity contribution in [2.75, 3.05) is 13.2 Å². The Morgan fingerprint density at radius 3 is 1.22 bits per heavy atom. The molecule has 4 nitrogen and oxygen atoms in total. The molecule has 0 aromatic carbocycles. The lowest BCUT2D eigenvalue weighted by Crippen LogP contribution is -3.00. The van der Waals surface area contributed by atoms with E-state index in [9.17, 15) is 0 Å². The van der Waals surface area contributed by atoms with Crippen LogP contribution in [0.1, 0.15) is 85.4 Å². The number of aliphatic hydroxyl groups excluding tert-OH is 2. The lowest BCUT2D eigenvalue weighted by atomic mass is 10.1. The number of aliphatic hydroxyl groups is 2. The van der Waals surface area contributed by atoms with Crippen LogP contribution in [-0.4, -0.2) is 23.4 Å². The van der Waals surface area contributed by atoms with Gasteiger partial charge in [-0.25, -0.2) is 0 Å². The molecule has 0 bridgehead atoms. The molecule has 2 aromatic rings. The Bertz CT molecular complexity index is 663. The minimum Gasteiger partial charge on any atom is -1.00 e. The van der Waals surface area contributed by atoms with Crippen molar-refractivity contribution >= 4 is 22.7 Å². The van der Waals surface area contributed by atoms with Crippen LogP contribution in [-0.2, 0) is 25.9 Å². The quantitative estimate of drug-likeness (QED) is 0.122. The van der Waals surface area contributed by atoms with Crippen molar-refractivity contribution in [2.45, 2.75) is 104 Å². The van der Waals surface area contributed by atoms with Gasteiger partial charge in [0, 0.05) is 52.7 Å². The number of nitrogens with zero attached hydrogens (tertiary/aromatic N) is 2. The zero-order chi connectivity index (χ0) is 21.6. The molecule has 0 atom stereocenters. The molecule has 32 heavy (non-hydrogen) atoms. The molecule has 0 aliphatic heterocycles. The van der Waals surface area contributed by atoms with Gasteiger partial charge in [-0.3, -0.25) is 0 Å². The molecule has 0 spiro atoms. The van der Waals surface area contributed by atoms with E-state index in [1.165, 1.54) is 85.4 Å². The first-order valence-electron chi connectivity index (χ1n) is 11.8. The summed E-state index contributed by atoms with van der Waals surface area (Å²) in [7, 11) is 0. The van der Waals surface area contributed by atoms with E-state index in [4.69, 9.17) is 10.2 Å². The molecule has 0 amide bonds. The Labute approximate surface area is 237 Å². The van der Waals surface area contributed by atoms with Gasteiger partial charge >= 0.3 is 0 Å². The molecular formula is C24H42I2N2O2S2. The Hall–Kier alpha value is 0.640.